The van der Waals surface area contributed by atoms with Gasteiger partial charge in [0.15, 0.2) is 0 Å². The molecule has 0 aromatic rings. The van der Waals surface area contributed by atoms with Crippen molar-refractivity contribution in [3.05, 3.63) is 0 Å². The van der Waals surface area contributed by atoms with Crippen LogP contribution in [0, 0.1) is 11.8 Å². The van der Waals surface area contributed by atoms with Gasteiger partial charge in [0, 0.05) is 6.42 Å². The van der Waals surface area contributed by atoms with Crippen molar-refractivity contribution in [1.82, 2.24) is 10.6 Å². The van der Waals surface area contributed by atoms with Gasteiger partial charge in [-0.25, -0.2) is 4.79 Å². The summed E-state index contributed by atoms with van der Waals surface area (Å²) in [7, 11) is 0. The fourth-order valence-corrected chi connectivity index (χ4v) is 2.77. The Morgan fingerprint density at radius 2 is 1.82 bits per heavy atom. The molecule has 0 bridgehead atoms. The van der Waals surface area contributed by atoms with Crippen LogP contribution in [0.1, 0.15) is 59.8 Å². The summed E-state index contributed by atoms with van der Waals surface area (Å²) in [6.07, 6.45) is 4.13. The molecular formula is C17H32N2O3. The van der Waals surface area contributed by atoms with E-state index in [-0.39, 0.29) is 18.0 Å². The number of rotatable bonds is 8. The molecule has 1 atom stereocenters. The summed E-state index contributed by atoms with van der Waals surface area (Å²) in [5.74, 6) is 0.594. The Bertz CT molecular complexity index is 350. The van der Waals surface area contributed by atoms with Gasteiger partial charge in [0.1, 0.15) is 6.04 Å². The van der Waals surface area contributed by atoms with E-state index in [2.05, 4.69) is 10.6 Å². The number of ether oxygens (including phenoxy) is 1. The molecule has 1 aliphatic rings. The van der Waals surface area contributed by atoms with Crippen LogP contribution in [0.3, 0.4) is 0 Å². The molecule has 1 amide bonds. The Balaban J connectivity index is 2.41. The van der Waals surface area contributed by atoms with E-state index < -0.39 is 6.04 Å². The van der Waals surface area contributed by atoms with Crippen LogP contribution in [-0.2, 0) is 14.3 Å². The average molecular weight is 312 g/mol. The maximum absolute atomic E-state index is 12.1. The molecule has 0 saturated carbocycles. The van der Waals surface area contributed by atoms with Crippen molar-refractivity contribution >= 4 is 11.9 Å². The van der Waals surface area contributed by atoms with Gasteiger partial charge < -0.3 is 15.4 Å². The van der Waals surface area contributed by atoms with Crippen molar-refractivity contribution in [2.75, 3.05) is 13.1 Å². The van der Waals surface area contributed by atoms with Crippen LogP contribution in [0.4, 0.5) is 0 Å². The maximum atomic E-state index is 12.1. The standard InChI is InChI=1S/C17H32N2O3/c1-12(2)11-15(17(21)22-13(3)4)19-16(20)6-5-14-7-9-18-10-8-14/h12-15,18H,5-11H2,1-4H3,(H,19,20)/t15-/m0/s1. The van der Waals surface area contributed by atoms with Crippen LogP contribution in [0.15, 0.2) is 0 Å². The van der Waals surface area contributed by atoms with Crippen LogP contribution in [0.2, 0.25) is 0 Å². The van der Waals surface area contributed by atoms with Crippen molar-refractivity contribution < 1.29 is 14.3 Å². The monoisotopic (exact) mass is 312 g/mol. The first-order valence-electron chi connectivity index (χ1n) is 8.59. The van der Waals surface area contributed by atoms with Gasteiger partial charge in [-0.15, -0.1) is 0 Å². The van der Waals surface area contributed by atoms with Crippen molar-refractivity contribution in [2.24, 2.45) is 11.8 Å². The fraction of sp³-hybridized carbons (Fsp3) is 0.882. The molecule has 22 heavy (non-hydrogen) atoms. The second-order valence-electron chi connectivity index (χ2n) is 6.97. The predicted octanol–water partition coefficient (Wildman–Crippen LogP) is 2.25. The Kier molecular flexibility index (Phi) is 8.46. The molecule has 1 rings (SSSR count). The van der Waals surface area contributed by atoms with E-state index in [1.807, 2.05) is 27.7 Å². The summed E-state index contributed by atoms with van der Waals surface area (Å²) in [6, 6.07) is -0.525. The number of esters is 1. The van der Waals surface area contributed by atoms with E-state index >= 15 is 0 Å². The number of carbonyl (C=O) groups is 2. The number of hydrogen-bond donors (Lipinski definition) is 2. The number of piperidine rings is 1. The zero-order valence-corrected chi connectivity index (χ0v) is 14.5. The predicted molar refractivity (Wildman–Crippen MR) is 87.4 cm³/mol. The third kappa shape index (κ3) is 7.78. The van der Waals surface area contributed by atoms with Gasteiger partial charge in [-0.2, -0.15) is 0 Å². The Morgan fingerprint density at radius 3 is 2.36 bits per heavy atom. The van der Waals surface area contributed by atoms with Gasteiger partial charge in [0.05, 0.1) is 6.10 Å². The topological polar surface area (TPSA) is 67.4 Å². The molecule has 0 aliphatic carbocycles. The molecule has 1 fully saturated rings. The van der Waals surface area contributed by atoms with E-state index in [4.69, 9.17) is 4.74 Å². The molecule has 0 radical (unpaired) electrons. The quantitative estimate of drug-likeness (QED) is 0.675. The summed E-state index contributed by atoms with van der Waals surface area (Å²) >= 11 is 0. The van der Waals surface area contributed by atoms with E-state index in [0.717, 1.165) is 32.4 Å². The van der Waals surface area contributed by atoms with E-state index in [9.17, 15) is 9.59 Å². The molecule has 0 spiro atoms. The van der Waals surface area contributed by atoms with Crippen LogP contribution < -0.4 is 10.6 Å². The lowest BCUT2D eigenvalue weighted by atomic mass is 9.93. The summed E-state index contributed by atoms with van der Waals surface area (Å²) in [6.45, 7) is 9.81. The van der Waals surface area contributed by atoms with Crippen LogP contribution >= 0.6 is 0 Å². The molecule has 1 heterocycles. The van der Waals surface area contributed by atoms with Crippen molar-refractivity contribution in [3.63, 3.8) is 0 Å². The second-order valence-corrected chi connectivity index (χ2v) is 6.97. The Labute approximate surface area is 134 Å². The van der Waals surface area contributed by atoms with Gasteiger partial charge in [-0.05, 0) is 64.5 Å². The highest BCUT2D eigenvalue weighted by Crippen LogP contribution is 2.17. The van der Waals surface area contributed by atoms with E-state index in [1.54, 1.807) is 0 Å². The molecule has 0 unspecified atom stereocenters. The van der Waals surface area contributed by atoms with E-state index in [0.29, 0.717) is 24.7 Å². The third-order valence-electron chi connectivity index (χ3n) is 3.92. The number of nitrogens with one attached hydrogen (secondary N) is 2. The lowest BCUT2D eigenvalue weighted by molar-refractivity contribution is -0.152. The van der Waals surface area contributed by atoms with Crippen LogP contribution in [0.25, 0.3) is 0 Å². The zero-order valence-electron chi connectivity index (χ0n) is 14.5. The van der Waals surface area contributed by atoms with Gasteiger partial charge in [0.25, 0.3) is 0 Å². The summed E-state index contributed by atoms with van der Waals surface area (Å²) in [4.78, 5) is 24.2. The molecule has 0 aromatic heterocycles. The van der Waals surface area contributed by atoms with Gasteiger partial charge in [-0.3, -0.25) is 4.79 Å². The van der Waals surface area contributed by atoms with Gasteiger partial charge in [0.2, 0.25) is 5.91 Å². The van der Waals surface area contributed by atoms with Crippen LogP contribution in [0.5, 0.6) is 0 Å². The maximum Gasteiger partial charge on any atom is 0.328 e. The van der Waals surface area contributed by atoms with Gasteiger partial charge >= 0.3 is 5.97 Å². The number of hydrogen-bond acceptors (Lipinski definition) is 4. The minimum absolute atomic E-state index is 0.0371. The largest absolute Gasteiger partial charge is 0.461 e. The highest BCUT2D eigenvalue weighted by Gasteiger charge is 2.24. The number of amides is 1. The molecule has 2 N–H and O–H groups in total. The highest BCUT2D eigenvalue weighted by molar-refractivity contribution is 5.84. The van der Waals surface area contributed by atoms with Crippen LogP contribution in [-0.4, -0.2) is 37.1 Å². The Morgan fingerprint density at radius 1 is 1.18 bits per heavy atom. The molecule has 1 saturated heterocycles. The van der Waals surface area contributed by atoms with Crippen molar-refractivity contribution in [1.29, 1.82) is 0 Å². The minimum Gasteiger partial charge on any atom is -0.461 e. The van der Waals surface area contributed by atoms with E-state index in [1.165, 1.54) is 0 Å². The summed E-state index contributed by atoms with van der Waals surface area (Å²) < 4.78 is 5.25. The third-order valence-corrected chi connectivity index (χ3v) is 3.92. The Hall–Kier alpha value is -1.10. The molecule has 0 aromatic carbocycles. The zero-order chi connectivity index (χ0) is 16.5. The minimum atomic E-state index is -0.525. The summed E-state index contributed by atoms with van der Waals surface area (Å²) in [5, 5.41) is 6.19. The fourth-order valence-electron chi connectivity index (χ4n) is 2.77. The summed E-state index contributed by atoms with van der Waals surface area (Å²) in [5.41, 5.74) is 0. The molecule has 1 aliphatic heterocycles. The van der Waals surface area contributed by atoms with Crippen molar-refractivity contribution in [3.8, 4) is 0 Å². The van der Waals surface area contributed by atoms with Crippen molar-refractivity contribution in [2.45, 2.75) is 71.9 Å². The first kappa shape index (κ1) is 18.9. The first-order valence-corrected chi connectivity index (χ1v) is 8.59. The normalized spacial score (nSPS) is 17.5. The highest BCUT2D eigenvalue weighted by atomic mass is 16.5. The lowest BCUT2D eigenvalue weighted by Crippen LogP contribution is -2.43. The number of carbonyl (C=O) groups excluding carboxylic acids is 2. The molecular weight excluding hydrogens is 280 g/mol. The van der Waals surface area contributed by atoms with Gasteiger partial charge in [-0.1, -0.05) is 13.8 Å². The SMILES string of the molecule is CC(C)C[C@H](NC(=O)CCC1CCNCC1)C(=O)OC(C)C. The molecule has 5 heteroatoms. The second kappa shape index (κ2) is 9.82. The molecule has 5 nitrogen and oxygen atoms in total. The molecule has 128 valence electrons. The first-order chi connectivity index (χ1) is 10.4. The smallest absolute Gasteiger partial charge is 0.328 e. The lowest BCUT2D eigenvalue weighted by Gasteiger charge is -2.23. The average Bonchev–Trinajstić information content (AvgIpc) is 2.44.